The number of rotatable bonds is 3. The number of hydrogen-bond acceptors (Lipinski definition) is 6. The molecule has 0 bridgehead atoms. The van der Waals surface area contributed by atoms with E-state index in [-0.39, 0.29) is 16.5 Å². The molecule has 0 unspecified atom stereocenters. The maximum Gasteiger partial charge on any atom is 0.273 e. The van der Waals surface area contributed by atoms with Crippen LogP contribution in [-0.2, 0) is 13.7 Å². The van der Waals surface area contributed by atoms with Crippen LogP contribution in [0.3, 0.4) is 0 Å². The lowest BCUT2D eigenvalue weighted by molar-refractivity contribution is 0.0958. The van der Waals surface area contributed by atoms with Crippen molar-refractivity contribution in [2.24, 2.45) is 7.05 Å². The number of para-hydroxylation sites is 1. The van der Waals surface area contributed by atoms with Crippen molar-refractivity contribution in [1.82, 2.24) is 25.3 Å². The molecular formula is C17H15ClN6O2. The van der Waals surface area contributed by atoms with Crippen LogP contribution in [-0.4, -0.2) is 32.9 Å². The van der Waals surface area contributed by atoms with Gasteiger partial charge in [-0.05, 0) is 12.1 Å². The highest BCUT2D eigenvalue weighted by Crippen LogP contribution is 2.42. The lowest BCUT2D eigenvalue weighted by atomic mass is 10.0. The number of aryl methyl sites for hydroxylation is 1. The van der Waals surface area contributed by atoms with E-state index in [1.807, 2.05) is 30.7 Å². The van der Waals surface area contributed by atoms with Gasteiger partial charge < -0.3 is 15.4 Å². The molecule has 4 rings (SSSR count). The second kappa shape index (κ2) is 6.30. The Kier molecular flexibility index (Phi) is 3.18. The maximum absolute atomic E-state index is 12.3. The Balaban J connectivity index is 1.73. The second-order valence-corrected chi connectivity index (χ2v) is 6.04. The summed E-state index contributed by atoms with van der Waals surface area (Å²) in [4.78, 5) is 12.3. The van der Waals surface area contributed by atoms with Gasteiger partial charge in [-0.1, -0.05) is 17.7 Å². The summed E-state index contributed by atoms with van der Waals surface area (Å²) in [6, 6.07) is 6.84. The fourth-order valence-electron chi connectivity index (χ4n) is 2.83. The van der Waals surface area contributed by atoms with Gasteiger partial charge in [-0.2, -0.15) is 5.10 Å². The van der Waals surface area contributed by atoms with Crippen LogP contribution in [0.1, 0.15) is 20.2 Å². The van der Waals surface area contributed by atoms with Crippen molar-refractivity contribution >= 4 is 28.9 Å². The van der Waals surface area contributed by atoms with Gasteiger partial charge in [0.2, 0.25) is 0 Å². The van der Waals surface area contributed by atoms with Crippen LogP contribution in [0, 0.1) is 0 Å². The maximum atomic E-state index is 12.3. The quantitative estimate of drug-likeness (QED) is 0.732. The van der Waals surface area contributed by atoms with E-state index in [1.54, 1.807) is 10.7 Å². The third-order valence-electron chi connectivity index (χ3n) is 3.91. The molecule has 3 aromatic rings. The van der Waals surface area contributed by atoms with Gasteiger partial charge in [0, 0.05) is 41.5 Å². The fourth-order valence-corrected chi connectivity index (χ4v) is 2.98. The van der Waals surface area contributed by atoms with E-state index in [0.717, 1.165) is 16.8 Å². The molecule has 132 valence electrons. The lowest BCUT2D eigenvalue weighted by Gasteiger charge is -2.21. The molecule has 0 fully saturated rings. The van der Waals surface area contributed by atoms with Crippen LogP contribution >= 0.6 is 11.6 Å². The molecule has 26 heavy (non-hydrogen) atoms. The number of aromatic nitrogens is 4. The van der Waals surface area contributed by atoms with E-state index in [9.17, 15) is 4.79 Å². The minimum Gasteiger partial charge on any atom is -0.486 e. The highest BCUT2D eigenvalue weighted by Gasteiger charge is 2.24. The van der Waals surface area contributed by atoms with Gasteiger partial charge in [0.05, 0.1) is 11.4 Å². The average Bonchev–Trinajstić information content (AvgIpc) is 3.01. The summed E-state index contributed by atoms with van der Waals surface area (Å²) >= 11 is 5.93. The largest absolute Gasteiger partial charge is 0.486 e. The summed E-state index contributed by atoms with van der Waals surface area (Å²) in [5.74, 6) is -0.358. The Hall–Kier alpha value is -3.13. The van der Waals surface area contributed by atoms with Crippen LogP contribution < -0.4 is 15.4 Å². The van der Waals surface area contributed by atoms with Gasteiger partial charge in [-0.15, -0.1) is 10.2 Å². The van der Waals surface area contributed by atoms with Crippen molar-refractivity contribution in [2.75, 3.05) is 12.3 Å². The number of carbonyl (C=O) groups excluding carboxylic acids is 1. The summed E-state index contributed by atoms with van der Waals surface area (Å²) in [6.07, 6.45) is 1.89. The molecule has 0 aliphatic carbocycles. The van der Waals surface area contributed by atoms with Crippen molar-refractivity contribution in [1.29, 1.82) is 0 Å². The molecule has 0 saturated heterocycles. The SMILES string of the molecule is [2H]C([2H])([2H])NC(=O)c1nnc(Cl)cc1Nc1cccc2c1OCc1cn(C)nc1-2. The topological polar surface area (TPSA) is 94.0 Å². The first-order valence-electron chi connectivity index (χ1n) is 9.13. The molecule has 2 N–H and O–H groups in total. The molecule has 1 amide bonds. The van der Waals surface area contributed by atoms with E-state index in [0.29, 0.717) is 18.0 Å². The lowest BCUT2D eigenvalue weighted by Crippen LogP contribution is -2.21. The molecule has 1 aliphatic rings. The average molecular weight is 374 g/mol. The normalized spacial score (nSPS) is 14.2. The minimum absolute atomic E-state index is 0.0377. The zero-order valence-electron chi connectivity index (χ0n) is 16.6. The molecule has 1 aliphatic heterocycles. The highest BCUT2D eigenvalue weighted by atomic mass is 35.5. The van der Waals surface area contributed by atoms with Gasteiger partial charge in [-0.3, -0.25) is 9.48 Å². The number of fused-ring (bicyclic) bond motifs is 3. The van der Waals surface area contributed by atoms with Crippen molar-refractivity contribution in [3.05, 3.63) is 46.9 Å². The van der Waals surface area contributed by atoms with Crippen molar-refractivity contribution in [3.8, 4) is 17.0 Å². The summed E-state index contributed by atoms with van der Waals surface area (Å²) in [5, 5.41) is 16.8. The number of halogens is 1. The first kappa shape index (κ1) is 13.1. The van der Waals surface area contributed by atoms with Gasteiger partial charge >= 0.3 is 0 Å². The number of nitrogens with one attached hydrogen (secondary N) is 2. The van der Waals surface area contributed by atoms with E-state index in [4.69, 9.17) is 20.5 Å². The number of benzene rings is 1. The zero-order chi connectivity index (χ0) is 20.8. The molecular weight excluding hydrogens is 356 g/mol. The van der Waals surface area contributed by atoms with E-state index in [2.05, 4.69) is 20.6 Å². The standard InChI is InChI=1S/C17H15ClN6O2/c1-19-17(25)15-12(6-13(18)21-22-15)20-11-5-3-4-10-14-9(7-24(2)23-14)8-26-16(10)11/h3-7H,8H2,1-2H3,(H,19,25)(H,20,21)/i1D3. The predicted octanol–water partition coefficient (Wildman–Crippen LogP) is 2.53. The molecule has 3 heterocycles. The smallest absolute Gasteiger partial charge is 0.273 e. The number of hydrogen-bond donors (Lipinski definition) is 2. The van der Waals surface area contributed by atoms with Crippen molar-refractivity contribution in [3.63, 3.8) is 0 Å². The number of carbonyl (C=O) groups is 1. The fraction of sp³-hybridized carbons (Fsp3) is 0.176. The second-order valence-electron chi connectivity index (χ2n) is 5.66. The molecule has 1 aromatic carbocycles. The summed E-state index contributed by atoms with van der Waals surface area (Å²) in [6.45, 7) is -2.32. The van der Waals surface area contributed by atoms with Gasteiger partial charge in [-0.25, -0.2) is 0 Å². The Morgan fingerprint density at radius 1 is 1.38 bits per heavy atom. The molecule has 0 radical (unpaired) electrons. The summed E-state index contributed by atoms with van der Waals surface area (Å²) < 4.78 is 29.3. The molecule has 0 atom stereocenters. The highest BCUT2D eigenvalue weighted by molar-refractivity contribution is 6.29. The Morgan fingerprint density at radius 3 is 3.12 bits per heavy atom. The molecule has 8 nitrogen and oxygen atoms in total. The van der Waals surface area contributed by atoms with Gasteiger partial charge in [0.1, 0.15) is 12.3 Å². The van der Waals surface area contributed by atoms with Crippen molar-refractivity contribution < 1.29 is 13.6 Å². The summed E-state index contributed by atoms with van der Waals surface area (Å²) in [5.41, 5.74) is 3.09. The minimum atomic E-state index is -2.67. The first-order chi connectivity index (χ1) is 13.7. The van der Waals surface area contributed by atoms with Crippen LogP contribution in [0.25, 0.3) is 11.3 Å². The molecule has 2 aromatic heterocycles. The van der Waals surface area contributed by atoms with Crippen LogP contribution in [0.4, 0.5) is 11.4 Å². The van der Waals surface area contributed by atoms with Crippen molar-refractivity contribution in [2.45, 2.75) is 6.61 Å². The molecule has 9 heteroatoms. The Bertz CT molecular complexity index is 1120. The molecule has 0 saturated carbocycles. The van der Waals surface area contributed by atoms with E-state index < -0.39 is 12.9 Å². The third-order valence-corrected chi connectivity index (χ3v) is 4.09. The number of anilines is 2. The van der Waals surface area contributed by atoms with Gasteiger partial charge in [0.25, 0.3) is 5.91 Å². The van der Waals surface area contributed by atoms with E-state index in [1.165, 1.54) is 6.07 Å². The van der Waals surface area contributed by atoms with Gasteiger partial charge in [0.15, 0.2) is 16.6 Å². The first-order valence-corrected chi connectivity index (χ1v) is 8.00. The van der Waals surface area contributed by atoms with Crippen LogP contribution in [0.5, 0.6) is 5.75 Å². The Labute approximate surface area is 158 Å². The van der Waals surface area contributed by atoms with E-state index >= 15 is 0 Å². The number of ether oxygens (including phenoxy) is 1. The monoisotopic (exact) mass is 373 g/mol. The van der Waals surface area contributed by atoms with Crippen LogP contribution in [0.15, 0.2) is 30.5 Å². The predicted molar refractivity (Wildman–Crippen MR) is 96.7 cm³/mol. The van der Waals surface area contributed by atoms with Crippen LogP contribution in [0.2, 0.25) is 5.15 Å². The number of amides is 1. The Morgan fingerprint density at radius 2 is 2.27 bits per heavy atom. The third kappa shape index (κ3) is 2.74. The molecule has 0 spiro atoms. The number of nitrogens with zero attached hydrogens (tertiary/aromatic N) is 4. The summed E-state index contributed by atoms with van der Waals surface area (Å²) in [7, 11) is 1.83. The zero-order valence-corrected chi connectivity index (χ0v) is 14.3.